The van der Waals surface area contributed by atoms with Gasteiger partial charge in [-0.05, 0) is 18.2 Å². The van der Waals surface area contributed by atoms with E-state index in [0.29, 0.717) is 16.8 Å². The van der Waals surface area contributed by atoms with Crippen molar-refractivity contribution in [3.8, 4) is 11.8 Å². The fourth-order valence-corrected chi connectivity index (χ4v) is 1.43. The van der Waals surface area contributed by atoms with Crippen LogP contribution in [0, 0.1) is 11.8 Å². The number of rotatable bonds is 2. The number of carbonyl (C=O) groups excluding carboxylic acids is 1. The van der Waals surface area contributed by atoms with Gasteiger partial charge in [0.15, 0.2) is 0 Å². The molecule has 0 unspecified atom stereocenters. The number of pyridine rings is 2. The SMILES string of the molecule is NCC#Cc1cncc(C(=O)Nc2cccnc2)c1. The van der Waals surface area contributed by atoms with Gasteiger partial charge in [0.25, 0.3) is 5.91 Å². The molecule has 2 heterocycles. The first kappa shape index (κ1) is 12.7. The topological polar surface area (TPSA) is 80.9 Å². The van der Waals surface area contributed by atoms with Crippen molar-refractivity contribution in [2.45, 2.75) is 0 Å². The predicted molar refractivity (Wildman–Crippen MR) is 72.4 cm³/mol. The minimum absolute atomic E-state index is 0.253. The summed E-state index contributed by atoms with van der Waals surface area (Å²) in [7, 11) is 0. The third-order valence-corrected chi connectivity index (χ3v) is 2.25. The molecule has 2 aromatic rings. The molecule has 0 bridgehead atoms. The first-order valence-corrected chi connectivity index (χ1v) is 5.65. The van der Waals surface area contributed by atoms with Gasteiger partial charge >= 0.3 is 0 Å². The number of amides is 1. The summed E-state index contributed by atoms with van der Waals surface area (Å²) < 4.78 is 0. The van der Waals surface area contributed by atoms with Gasteiger partial charge < -0.3 is 11.1 Å². The number of aromatic nitrogens is 2. The third kappa shape index (κ3) is 3.63. The van der Waals surface area contributed by atoms with Crippen LogP contribution in [0.15, 0.2) is 43.0 Å². The molecule has 0 saturated carbocycles. The standard InChI is InChI=1S/C14H12N4O/c15-5-1-3-11-7-12(9-17-8-11)14(19)18-13-4-2-6-16-10-13/h2,4,6-10H,5,15H2,(H,18,19). The van der Waals surface area contributed by atoms with E-state index >= 15 is 0 Å². The summed E-state index contributed by atoms with van der Waals surface area (Å²) in [5.41, 5.74) is 7.02. The molecule has 1 amide bonds. The first-order valence-electron chi connectivity index (χ1n) is 5.65. The highest BCUT2D eigenvalue weighted by Gasteiger charge is 2.06. The van der Waals surface area contributed by atoms with Crippen molar-refractivity contribution in [3.05, 3.63) is 54.1 Å². The molecule has 0 atom stereocenters. The molecule has 0 fully saturated rings. The van der Waals surface area contributed by atoms with Crippen molar-refractivity contribution in [2.75, 3.05) is 11.9 Å². The number of hydrogen-bond acceptors (Lipinski definition) is 4. The highest BCUT2D eigenvalue weighted by atomic mass is 16.1. The van der Waals surface area contributed by atoms with Crippen LogP contribution in [0.2, 0.25) is 0 Å². The van der Waals surface area contributed by atoms with Crippen LogP contribution in [0.4, 0.5) is 5.69 Å². The van der Waals surface area contributed by atoms with E-state index in [1.54, 1.807) is 36.8 Å². The Kier molecular flexibility index (Phi) is 4.21. The smallest absolute Gasteiger partial charge is 0.257 e. The maximum absolute atomic E-state index is 12.0. The summed E-state index contributed by atoms with van der Waals surface area (Å²) in [6, 6.07) is 5.18. The van der Waals surface area contributed by atoms with Gasteiger partial charge in [0.05, 0.1) is 24.0 Å². The van der Waals surface area contributed by atoms with Crippen LogP contribution in [-0.2, 0) is 0 Å². The lowest BCUT2D eigenvalue weighted by Gasteiger charge is -2.04. The average molecular weight is 252 g/mol. The molecule has 0 aliphatic heterocycles. The second-order valence-electron chi connectivity index (χ2n) is 3.66. The molecule has 0 aliphatic carbocycles. The Balaban J connectivity index is 2.15. The van der Waals surface area contributed by atoms with E-state index in [9.17, 15) is 4.79 Å². The van der Waals surface area contributed by atoms with E-state index in [2.05, 4.69) is 27.1 Å². The molecule has 3 N–H and O–H groups in total. The number of nitrogens with two attached hydrogens (primary N) is 1. The van der Waals surface area contributed by atoms with Crippen molar-refractivity contribution in [2.24, 2.45) is 5.73 Å². The lowest BCUT2D eigenvalue weighted by molar-refractivity contribution is 0.102. The monoisotopic (exact) mass is 252 g/mol. The molecule has 0 aromatic carbocycles. The van der Waals surface area contributed by atoms with Crippen molar-refractivity contribution >= 4 is 11.6 Å². The Labute approximate surface area is 110 Å². The number of anilines is 1. The van der Waals surface area contributed by atoms with Crippen molar-refractivity contribution < 1.29 is 4.79 Å². The summed E-state index contributed by atoms with van der Waals surface area (Å²) >= 11 is 0. The molecule has 5 nitrogen and oxygen atoms in total. The van der Waals surface area contributed by atoms with Crippen LogP contribution in [-0.4, -0.2) is 22.4 Å². The Hall–Kier alpha value is -2.71. The lowest BCUT2D eigenvalue weighted by atomic mass is 10.2. The van der Waals surface area contributed by atoms with Crippen molar-refractivity contribution in [1.82, 2.24) is 9.97 Å². The molecule has 94 valence electrons. The molecule has 0 saturated heterocycles. The van der Waals surface area contributed by atoms with E-state index in [0.717, 1.165) is 0 Å². The molecule has 2 aromatic heterocycles. The van der Waals surface area contributed by atoms with Gasteiger partial charge in [0.2, 0.25) is 0 Å². The van der Waals surface area contributed by atoms with Gasteiger partial charge in [0.1, 0.15) is 0 Å². The van der Waals surface area contributed by atoms with Crippen molar-refractivity contribution in [3.63, 3.8) is 0 Å². The molecule has 19 heavy (non-hydrogen) atoms. The van der Waals surface area contributed by atoms with Gasteiger partial charge in [-0.15, -0.1) is 0 Å². The van der Waals surface area contributed by atoms with E-state index < -0.39 is 0 Å². The van der Waals surface area contributed by atoms with Gasteiger partial charge in [-0.25, -0.2) is 0 Å². The average Bonchev–Trinajstić information content (AvgIpc) is 2.46. The van der Waals surface area contributed by atoms with Gasteiger partial charge in [-0.3, -0.25) is 14.8 Å². The predicted octanol–water partition coefficient (Wildman–Crippen LogP) is 1.04. The molecule has 2 rings (SSSR count). The first-order chi connectivity index (χ1) is 9.29. The van der Waals surface area contributed by atoms with Crippen LogP contribution in [0.25, 0.3) is 0 Å². The van der Waals surface area contributed by atoms with Gasteiger partial charge in [-0.1, -0.05) is 11.8 Å². The summed E-state index contributed by atoms with van der Waals surface area (Å²) in [5, 5.41) is 2.73. The molecular weight excluding hydrogens is 240 g/mol. The zero-order valence-electron chi connectivity index (χ0n) is 10.1. The number of hydrogen-bond donors (Lipinski definition) is 2. The van der Waals surface area contributed by atoms with Crippen LogP contribution in [0.1, 0.15) is 15.9 Å². The van der Waals surface area contributed by atoms with Gasteiger partial charge in [-0.2, -0.15) is 0 Å². The normalized spacial score (nSPS) is 9.32. The second kappa shape index (κ2) is 6.28. The number of carbonyl (C=O) groups is 1. The number of nitrogens with one attached hydrogen (secondary N) is 1. The zero-order chi connectivity index (χ0) is 13.5. The van der Waals surface area contributed by atoms with Crippen LogP contribution in [0.5, 0.6) is 0 Å². The Morgan fingerprint density at radius 1 is 1.32 bits per heavy atom. The molecule has 0 spiro atoms. The third-order valence-electron chi connectivity index (χ3n) is 2.25. The highest BCUT2D eigenvalue weighted by Crippen LogP contribution is 2.07. The van der Waals surface area contributed by atoms with E-state index in [1.165, 1.54) is 6.20 Å². The molecular formula is C14H12N4O. The Bertz CT molecular complexity index is 629. The minimum Gasteiger partial charge on any atom is -0.321 e. The second-order valence-corrected chi connectivity index (χ2v) is 3.66. The maximum atomic E-state index is 12.0. The van der Waals surface area contributed by atoms with Crippen molar-refractivity contribution in [1.29, 1.82) is 0 Å². The zero-order valence-corrected chi connectivity index (χ0v) is 10.1. The Morgan fingerprint density at radius 3 is 2.95 bits per heavy atom. The molecule has 5 heteroatoms. The summed E-state index contributed by atoms with van der Waals surface area (Å²) in [6.45, 7) is 0.270. The summed E-state index contributed by atoms with van der Waals surface area (Å²) in [5.74, 6) is 5.30. The largest absolute Gasteiger partial charge is 0.321 e. The van der Waals surface area contributed by atoms with E-state index in [4.69, 9.17) is 5.73 Å². The van der Waals surface area contributed by atoms with Crippen LogP contribution < -0.4 is 11.1 Å². The van der Waals surface area contributed by atoms with Crippen LogP contribution in [0.3, 0.4) is 0 Å². The Morgan fingerprint density at radius 2 is 2.21 bits per heavy atom. The minimum atomic E-state index is -0.253. The van der Waals surface area contributed by atoms with Gasteiger partial charge in [0, 0.05) is 24.2 Å². The van der Waals surface area contributed by atoms with E-state index in [-0.39, 0.29) is 12.5 Å². The highest BCUT2D eigenvalue weighted by molar-refractivity contribution is 6.04. The quantitative estimate of drug-likeness (QED) is 0.782. The summed E-state index contributed by atoms with van der Waals surface area (Å²) in [6.07, 6.45) is 6.28. The fourth-order valence-electron chi connectivity index (χ4n) is 1.43. The fraction of sp³-hybridized carbons (Fsp3) is 0.0714. The summed E-state index contributed by atoms with van der Waals surface area (Å²) in [4.78, 5) is 19.9. The molecule has 0 radical (unpaired) electrons. The maximum Gasteiger partial charge on any atom is 0.257 e. The van der Waals surface area contributed by atoms with Crippen LogP contribution >= 0.6 is 0 Å². The van der Waals surface area contributed by atoms with E-state index in [1.807, 2.05) is 0 Å². The molecule has 0 aliphatic rings. The number of nitrogens with zero attached hydrogens (tertiary/aromatic N) is 2. The lowest BCUT2D eigenvalue weighted by Crippen LogP contribution is -2.12.